The number of esters is 1. The van der Waals surface area contributed by atoms with E-state index >= 15 is 0 Å². The van der Waals surface area contributed by atoms with Crippen molar-refractivity contribution in [1.29, 1.82) is 0 Å². The summed E-state index contributed by atoms with van der Waals surface area (Å²) in [5.41, 5.74) is 0.689. The lowest BCUT2D eigenvalue weighted by Gasteiger charge is -2.05. The highest BCUT2D eigenvalue weighted by atomic mass is 16.7. The summed E-state index contributed by atoms with van der Waals surface area (Å²) in [4.78, 5) is 11.9. The van der Waals surface area contributed by atoms with Gasteiger partial charge >= 0.3 is 5.97 Å². The van der Waals surface area contributed by atoms with Gasteiger partial charge in [-0.2, -0.15) is 0 Å². The second-order valence-corrected chi connectivity index (χ2v) is 4.68. The molecule has 0 aromatic heterocycles. The summed E-state index contributed by atoms with van der Waals surface area (Å²) in [5.74, 6) is 1.07. The monoisotopic (exact) mass is 314 g/mol. The van der Waals surface area contributed by atoms with Crippen molar-refractivity contribution in [2.24, 2.45) is 0 Å². The molecule has 6 heteroatoms. The third kappa shape index (κ3) is 3.21. The summed E-state index contributed by atoms with van der Waals surface area (Å²) >= 11 is 0. The van der Waals surface area contributed by atoms with Crippen LogP contribution in [0.2, 0.25) is 0 Å². The number of methoxy groups -OCH3 is 1. The number of hydrogen-bond acceptors (Lipinski definition) is 6. The third-order valence-electron chi connectivity index (χ3n) is 3.19. The first-order valence-corrected chi connectivity index (χ1v) is 6.83. The minimum Gasteiger partial charge on any atom is -0.504 e. The van der Waals surface area contributed by atoms with E-state index in [4.69, 9.17) is 18.9 Å². The van der Waals surface area contributed by atoms with Gasteiger partial charge in [0.05, 0.1) is 7.11 Å². The fourth-order valence-corrected chi connectivity index (χ4v) is 2.09. The fraction of sp³-hybridized carbons (Fsp3) is 0.118. The number of phenolic OH excluding ortho intramolecular Hbond substituents is 1. The Hall–Kier alpha value is -3.15. The normalized spacial score (nSPS) is 12.4. The Morgan fingerprint density at radius 3 is 2.91 bits per heavy atom. The van der Waals surface area contributed by atoms with E-state index in [1.54, 1.807) is 36.4 Å². The van der Waals surface area contributed by atoms with Crippen molar-refractivity contribution in [2.75, 3.05) is 13.9 Å². The molecule has 6 nitrogen and oxygen atoms in total. The topological polar surface area (TPSA) is 74.2 Å². The quantitative estimate of drug-likeness (QED) is 0.531. The molecule has 0 spiro atoms. The van der Waals surface area contributed by atoms with Crippen LogP contribution in [-0.4, -0.2) is 25.0 Å². The Morgan fingerprint density at radius 2 is 2.09 bits per heavy atom. The average molecular weight is 314 g/mol. The number of carbonyl (C=O) groups is 1. The molecular weight excluding hydrogens is 300 g/mol. The molecule has 1 N–H and O–H groups in total. The van der Waals surface area contributed by atoms with Crippen LogP contribution in [0.3, 0.4) is 0 Å². The van der Waals surface area contributed by atoms with Crippen molar-refractivity contribution in [3.05, 3.63) is 48.0 Å². The molecule has 0 saturated carbocycles. The molecule has 1 heterocycles. The minimum absolute atomic E-state index is 0.0317. The number of rotatable bonds is 4. The lowest BCUT2D eigenvalue weighted by atomic mass is 10.2. The van der Waals surface area contributed by atoms with Crippen molar-refractivity contribution < 1.29 is 28.8 Å². The van der Waals surface area contributed by atoms with E-state index in [9.17, 15) is 9.90 Å². The molecule has 1 aliphatic rings. The van der Waals surface area contributed by atoms with Crippen LogP contribution in [-0.2, 0) is 4.79 Å². The second kappa shape index (κ2) is 6.31. The van der Waals surface area contributed by atoms with Gasteiger partial charge in [0, 0.05) is 6.08 Å². The van der Waals surface area contributed by atoms with E-state index in [1.165, 1.54) is 19.3 Å². The number of fused-ring (bicyclic) bond motifs is 1. The molecule has 0 unspecified atom stereocenters. The van der Waals surface area contributed by atoms with Crippen LogP contribution >= 0.6 is 0 Å². The van der Waals surface area contributed by atoms with Gasteiger partial charge in [-0.3, -0.25) is 0 Å². The zero-order valence-corrected chi connectivity index (χ0v) is 12.3. The van der Waals surface area contributed by atoms with E-state index in [0.29, 0.717) is 28.6 Å². The Morgan fingerprint density at radius 1 is 1.22 bits per heavy atom. The lowest BCUT2D eigenvalue weighted by Crippen LogP contribution is -2.04. The highest BCUT2D eigenvalue weighted by Gasteiger charge is 2.19. The number of aromatic hydroxyl groups is 1. The molecule has 0 fully saturated rings. The van der Waals surface area contributed by atoms with Crippen molar-refractivity contribution in [3.63, 3.8) is 0 Å². The van der Waals surface area contributed by atoms with E-state index < -0.39 is 5.97 Å². The summed E-state index contributed by atoms with van der Waals surface area (Å²) in [7, 11) is 1.45. The first-order valence-electron chi connectivity index (χ1n) is 6.83. The SMILES string of the molecule is COc1cc(C=CC(=O)Oc2cccc3c2OCO3)ccc1O. The zero-order valence-electron chi connectivity index (χ0n) is 12.3. The highest BCUT2D eigenvalue weighted by Crippen LogP contribution is 2.40. The van der Waals surface area contributed by atoms with Crippen LogP contribution in [0.15, 0.2) is 42.5 Å². The summed E-state index contributed by atoms with van der Waals surface area (Å²) < 4.78 is 20.7. The van der Waals surface area contributed by atoms with E-state index in [-0.39, 0.29) is 12.5 Å². The van der Waals surface area contributed by atoms with Gasteiger partial charge in [0.2, 0.25) is 12.5 Å². The maximum atomic E-state index is 11.9. The van der Waals surface area contributed by atoms with Gasteiger partial charge in [0.25, 0.3) is 0 Å². The van der Waals surface area contributed by atoms with Crippen LogP contribution in [0.5, 0.6) is 28.7 Å². The summed E-state index contributed by atoms with van der Waals surface area (Å²) in [6.45, 7) is 0.104. The molecule has 118 valence electrons. The number of ether oxygens (including phenoxy) is 4. The van der Waals surface area contributed by atoms with E-state index in [2.05, 4.69) is 0 Å². The Bertz CT molecular complexity index is 766. The van der Waals surface area contributed by atoms with Crippen LogP contribution in [0, 0.1) is 0 Å². The van der Waals surface area contributed by atoms with Crippen LogP contribution in [0.4, 0.5) is 0 Å². The highest BCUT2D eigenvalue weighted by molar-refractivity contribution is 5.89. The summed E-state index contributed by atoms with van der Waals surface area (Å²) in [6.07, 6.45) is 2.84. The first-order chi connectivity index (χ1) is 11.2. The molecule has 2 aromatic rings. The van der Waals surface area contributed by atoms with Gasteiger partial charge < -0.3 is 24.1 Å². The fourth-order valence-electron chi connectivity index (χ4n) is 2.09. The zero-order chi connectivity index (χ0) is 16.2. The third-order valence-corrected chi connectivity index (χ3v) is 3.19. The standard InChI is InChI=1S/C17H14O6/c1-20-15-9-11(5-7-12(15)18)6-8-16(19)23-14-4-2-3-13-17(14)22-10-21-13/h2-9,18H,10H2,1H3. The number of hydrogen-bond donors (Lipinski definition) is 1. The first kappa shape index (κ1) is 14.8. The molecule has 0 saturated heterocycles. The molecular formula is C17H14O6. The van der Waals surface area contributed by atoms with Gasteiger partial charge in [-0.05, 0) is 35.9 Å². The summed E-state index contributed by atoms with van der Waals surface area (Å²) in [5, 5.41) is 9.53. The largest absolute Gasteiger partial charge is 0.504 e. The minimum atomic E-state index is -0.555. The van der Waals surface area contributed by atoms with Crippen LogP contribution < -0.4 is 18.9 Å². The van der Waals surface area contributed by atoms with Gasteiger partial charge in [0.15, 0.2) is 23.0 Å². The molecule has 0 bridgehead atoms. The molecule has 2 aromatic carbocycles. The predicted molar refractivity (Wildman–Crippen MR) is 81.9 cm³/mol. The van der Waals surface area contributed by atoms with Crippen molar-refractivity contribution in [2.45, 2.75) is 0 Å². The number of para-hydroxylation sites is 1. The Balaban J connectivity index is 1.71. The van der Waals surface area contributed by atoms with Crippen molar-refractivity contribution in [1.82, 2.24) is 0 Å². The van der Waals surface area contributed by atoms with Crippen LogP contribution in [0.25, 0.3) is 6.08 Å². The summed E-state index contributed by atoms with van der Waals surface area (Å²) in [6, 6.07) is 9.82. The molecule has 0 aliphatic carbocycles. The molecule has 0 amide bonds. The van der Waals surface area contributed by atoms with Crippen molar-refractivity contribution >= 4 is 12.0 Å². The maximum absolute atomic E-state index is 11.9. The van der Waals surface area contributed by atoms with E-state index in [1.807, 2.05) is 0 Å². The molecule has 3 rings (SSSR count). The number of carbonyl (C=O) groups excluding carboxylic acids is 1. The number of benzene rings is 2. The van der Waals surface area contributed by atoms with Crippen molar-refractivity contribution in [3.8, 4) is 28.7 Å². The van der Waals surface area contributed by atoms with Crippen LogP contribution in [0.1, 0.15) is 5.56 Å². The lowest BCUT2D eigenvalue weighted by molar-refractivity contribution is -0.129. The average Bonchev–Trinajstić information content (AvgIpc) is 3.04. The number of phenols is 1. The maximum Gasteiger partial charge on any atom is 0.336 e. The molecule has 0 atom stereocenters. The molecule has 1 aliphatic heterocycles. The Kier molecular flexibility index (Phi) is 4.05. The predicted octanol–water partition coefficient (Wildman–Crippen LogP) is 2.75. The molecule has 0 radical (unpaired) electrons. The van der Waals surface area contributed by atoms with Gasteiger partial charge in [-0.1, -0.05) is 12.1 Å². The van der Waals surface area contributed by atoms with Gasteiger partial charge in [-0.25, -0.2) is 4.79 Å². The smallest absolute Gasteiger partial charge is 0.336 e. The second-order valence-electron chi connectivity index (χ2n) is 4.68. The van der Waals surface area contributed by atoms with Gasteiger partial charge in [0.1, 0.15) is 0 Å². The van der Waals surface area contributed by atoms with E-state index in [0.717, 1.165) is 0 Å². The molecule has 23 heavy (non-hydrogen) atoms. The van der Waals surface area contributed by atoms with Gasteiger partial charge in [-0.15, -0.1) is 0 Å². The Labute approximate surface area is 132 Å².